The summed E-state index contributed by atoms with van der Waals surface area (Å²) in [6, 6.07) is 0.422. The van der Waals surface area contributed by atoms with Gasteiger partial charge in [0.05, 0.1) is 12.7 Å². The van der Waals surface area contributed by atoms with E-state index in [1.165, 1.54) is 0 Å². The molecular weight excluding hydrogens is 266 g/mol. The number of fused-ring (bicyclic) bond motifs is 2. The number of nitrogens with one attached hydrogen (secondary N) is 1. The fourth-order valence-corrected chi connectivity index (χ4v) is 4.61. The van der Waals surface area contributed by atoms with Crippen LogP contribution in [0.4, 0.5) is 8.78 Å². The Morgan fingerprint density at radius 1 is 1.20 bits per heavy atom. The number of ether oxygens (including phenoxy) is 2. The molecule has 0 aromatic heterocycles. The Kier molecular flexibility index (Phi) is 3.07. The zero-order valence-corrected chi connectivity index (χ0v) is 11.8. The first-order valence-corrected chi connectivity index (χ1v) is 7.63. The highest BCUT2D eigenvalue weighted by Crippen LogP contribution is 2.44. The van der Waals surface area contributed by atoms with Crippen molar-refractivity contribution >= 4 is 0 Å². The largest absolute Gasteiger partial charge is 0.372 e. The van der Waals surface area contributed by atoms with Crippen LogP contribution in [0.1, 0.15) is 20.3 Å². The van der Waals surface area contributed by atoms with Crippen LogP contribution in [0.15, 0.2) is 0 Å². The van der Waals surface area contributed by atoms with Gasteiger partial charge in [0.15, 0.2) is 6.17 Å². The average molecular weight is 288 g/mol. The fourth-order valence-electron chi connectivity index (χ4n) is 4.61. The average Bonchev–Trinajstić information content (AvgIpc) is 2.78. The van der Waals surface area contributed by atoms with Crippen LogP contribution in [-0.4, -0.2) is 67.0 Å². The lowest BCUT2D eigenvalue weighted by atomic mass is 9.71. The van der Waals surface area contributed by atoms with Gasteiger partial charge in [-0.1, -0.05) is 0 Å². The molecule has 1 N–H and O–H groups in total. The predicted molar refractivity (Wildman–Crippen MR) is 68.9 cm³/mol. The first-order valence-electron chi connectivity index (χ1n) is 7.63. The molecule has 20 heavy (non-hydrogen) atoms. The molecule has 4 rings (SSSR count). The van der Waals surface area contributed by atoms with E-state index < -0.39 is 18.4 Å². The Hall–Kier alpha value is -0.300. The van der Waals surface area contributed by atoms with Gasteiger partial charge in [0.25, 0.3) is 0 Å². The van der Waals surface area contributed by atoms with E-state index in [2.05, 4.69) is 17.1 Å². The monoisotopic (exact) mass is 288 g/mol. The van der Waals surface area contributed by atoms with Crippen molar-refractivity contribution in [3.63, 3.8) is 0 Å². The van der Waals surface area contributed by atoms with Crippen molar-refractivity contribution in [2.24, 2.45) is 5.92 Å². The van der Waals surface area contributed by atoms with Gasteiger partial charge in [0, 0.05) is 30.6 Å². The first-order chi connectivity index (χ1) is 9.56. The molecule has 4 aliphatic rings. The third-order valence-electron chi connectivity index (χ3n) is 5.45. The van der Waals surface area contributed by atoms with Crippen LogP contribution in [0, 0.1) is 5.92 Å². The zero-order chi connectivity index (χ0) is 14.0. The van der Waals surface area contributed by atoms with E-state index in [1.54, 1.807) is 0 Å². The first kappa shape index (κ1) is 13.4. The smallest absolute Gasteiger partial charge is 0.159 e. The molecule has 1 saturated carbocycles. The van der Waals surface area contributed by atoms with Crippen LogP contribution in [0.3, 0.4) is 0 Å². The van der Waals surface area contributed by atoms with Crippen molar-refractivity contribution < 1.29 is 18.3 Å². The SMILES string of the molecule is CC1NC2CN3C4C(CC(F)C(F)C4OC[C@@H]3C)C2O1. The summed E-state index contributed by atoms with van der Waals surface area (Å²) >= 11 is 0. The fraction of sp³-hybridized carbons (Fsp3) is 1.00. The van der Waals surface area contributed by atoms with Crippen LogP contribution < -0.4 is 5.32 Å². The minimum Gasteiger partial charge on any atom is -0.372 e. The minimum atomic E-state index is -1.51. The number of hydrogen-bond donors (Lipinski definition) is 1. The molecule has 0 aromatic rings. The summed E-state index contributed by atoms with van der Waals surface area (Å²) in [6.45, 7) is 5.39. The number of halogens is 2. The summed E-state index contributed by atoms with van der Waals surface area (Å²) in [5, 5.41) is 3.42. The second kappa shape index (κ2) is 4.60. The maximum Gasteiger partial charge on any atom is 0.159 e. The summed E-state index contributed by atoms with van der Waals surface area (Å²) in [7, 11) is 0. The molecule has 4 nitrogen and oxygen atoms in total. The standard InChI is InChI=1S/C14H22F2N2O2/c1-6-5-19-14-11(16)9(15)3-8-12(14)18(6)4-10-13(8)20-7(2)17-10/h6-14,17H,3-5H2,1-2H3/t6-,7?,8?,9?,10?,11?,12?,13?,14?/m0/s1. The van der Waals surface area contributed by atoms with Gasteiger partial charge in [0.1, 0.15) is 18.5 Å². The lowest BCUT2D eigenvalue weighted by Crippen LogP contribution is -2.72. The van der Waals surface area contributed by atoms with Crippen molar-refractivity contribution in [2.75, 3.05) is 13.2 Å². The quantitative estimate of drug-likeness (QED) is 0.717. The maximum atomic E-state index is 14.2. The molecule has 8 unspecified atom stereocenters. The van der Waals surface area contributed by atoms with Crippen LogP contribution in [0.5, 0.6) is 0 Å². The Bertz CT molecular complexity index is 399. The summed E-state index contributed by atoms with van der Waals surface area (Å²) in [5.41, 5.74) is 0. The van der Waals surface area contributed by atoms with E-state index >= 15 is 0 Å². The van der Waals surface area contributed by atoms with Crippen molar-refractivity contribution in [1.82, 2.24) is 10.2 Å². The van der Waals surface area contributed by atoms with Crippen LogP contribution >= 0.6 is 0 Å². The molecule has 4 fully saturated rings. The number of morpholine rings is 1. The Morgan fingerprint density at radius 2 is 2.00 bits per heavy atom. The molecule has 6 heteroatoms. The van der Waals surface area contributed by atoms with Crippen LogP contribution in [0.2, 0.25) is 0 Å². The van der Waals surface area contributed by atoms with Gasteiger partial charge in [0.2, 0.25) is 0 Å². The van der Waals surface area contributed by atoms with E-state index in [0.29, 0.717) is 6.61 Å². The normalized spacial score (nSPS) is 59.1. The second-order valence-corrected chi connectivity index (χ2v) is 6.71. The topological polar surface area (TPSA) is 33.7 Å². The van der Waals surface area contributed by atoms with E-state index in [9.17, 15) is 8.78 Å². The third kappa shape index (κ3) is 1.78. The molecule has 9 atom stereocenters. The molecule has 114 valence electrons. The molecule has 3 heterocycles. The Labute approximate surface area is 117 Å². The van der Waals surface area contributed by atoms with Gasteiger partial charge >= 0.3 is 0 Å². The molecule has 0 bridgehead atoms. The number of rotatable bonds is 0. The van der Waals surface area contributed by atoms with Gasteiger partial charge in [-0.3, -0.25) is 10.2 Å². The highest BCUT2D eigenvalue weighted by Gasteiger charge is 2.59. The summed E-state index contributed by atoms with van der Waals surface area (Å²) < 4.78 is 39.8. The summed E-state index contributed by atoms with van der Waals surface area (Å²) in [4.78, 5) is 2.31. The Morgan fingerprint density at radius 3 is 2.80 bits per heavy atom. The molecule has 3 aliphatic heterocycles. The number of nitrogens with zero attached hydrogens (tertiary/aromatic N) is 1. The van der Waals surface area contributed by atoms with Crippen molar-refractivity contribution in [1.29, 1.82) is 0 Å². The van der Waals surface area contributed by atoms with Gasteiger partial charge in [-0.2, -0.15) is 0 Å². The lowest BCUT2D eigenvalue weighted by molar-refractivity contribution is -0.207. The van der Waals surface area contributed by atoms with Crippen LogP contribution in [-0.2, 0) is 9.47 Å². The van der Waals surface area contributed by atoms with E-state index in [4.69, 9.17) is 9.47 Å². The van der Waals surface area contributed by atoms with Crippen molar-refractivity contribution in [2.45, 2.75) is 69.2 Å². The Balaban J connectivity index is 1.68. The molecule has 0 aromatic carbocycles. The molecule has 0 spiro atoms. The molecular formula is C14H22F2N2O2. The molecule has 3 saturated heterocycles. The third-order valence-corrected chi connectivity index (χ3v) is 5.45. The maximum absolute atomic E-state index is 14.2. The summed E-state index contributed by atoms with van der Waals surface area (Å²) in [5.74, 6) is 0.0148. The number of hydrogen-bond acceptors (Lipinski definition) is 4. The molecule has 1 aliphatic carbocycles. The highest BCUT2D eigenvalue weighted by molar-refractivity contribution is 5.11. The second-order valence-electron chi connectivity index (χ2n) is 6.71. The number of alkyl halides is 2. The van der Waals surface area contributed by atoms with Gasteiger partial charge in [-0.15, -0.1) is 0 Å². The van der Waals surface area contributed by atoms with E-state index in [1.807, 2.05) is 6.92 Å². The number of piperidine rings is 1. The minimum absolute atomic E-state index is 0.0119. The molecule has 0 radical (unpaired) electrons. The van der Waals surface area contributed by atoms with Crippen LogP contribution in [0.25, 0.3) is 0 Å². The lowest BCUT2D eigenvalue weighted by Gasteiger charge is -2.57. The van der Waals surface area contributed by atoms with E-state index in [0.717, 1.165) is 6.54 Å². The summed E-state index contributed by atoms with van der Waals surface area (Å²) in [6.07, 6.45) is -3.37. The van der Waals surface area contributed by atoms with Gasteiger partial charge in [-0.25, -0.2) is 8.78 Å². The van der Waals surface area contributed by atoms with Crippen molar-refractivity contribution in [3.8, 4) is 0 Å². The van der Waals surface area contributed by atoms with E-state index in [-0.39, 0.29) is 42.8 Å². The zero-order valence-electron chi connectivity index (χ0n) is 11.8. The molecule has 0 amide bonds. The highest BCUT2D eigenvalue weighted by atomic mass is 19.2. The predicted octanol–water partition coefficient (Wildman–Crippen LogP) is 0.857. The van der Waals surface area contributed by atoms with Gasteiger partial charge < -0.3 is 9.47 Å². The van der Waals surface area contributed by atoms with Gasteiger partial charge in [-0.05, 0) is 20.3 Å². The van der Waals surface area contributed by atoms with Crippen molar-refractivity contribution in [3.05, 3.63) is 0 Å².